The van der Waals surface area contributed by atoms with Crippen LogP contribution < -0.4 is 5.32 Å². The fraction of sp³-hybridized carbons (Fsp3) is 0.650. The Morgan fingerprint density at radius 2 is 1.89 bits per heavy atom. The Labute approximate surface area is 162 Å². The number of hydrogen-bond donors (Lipinski definition) is 1. The molecule has 0 spiro atoms. The molecule has 0 atom stereocenters. The van der Waals surface area contributed by atoms with Gasteiger partial charge in [-0.2, -0.15) is 0 Å². The number of carbonyl (C=O) groups excluding carboxylic acids is 2. The number of nitrogens with one attached hydrogen (secondary N) is 1. The van der Waals surface area contributed by atoms with Crippen LogP contribution in [0, 0.1) is 0 Å². The Balaban J connectivity index is 1.94. The first-order valence-corrected chi connectivity index (χ1v) is 10.0. The normalized spacial score (nSPS) is 14.7. The largest absolute Gasteiger partial charge is 0.450 e. The molecule has 1 fully saturated rings. The Kier molecular flexibility index (Phi) is 8.36. The molecular weight excluding hydrogens is 344 g/mol. The van der Waals surface area contributed by atoms with Gasteiger partial charge in [-0.25, -0.2) is 9.78 Å². The molecule has 0 radical (unpaired) electrons. The van der Waals surface area contributed by atoms with Gasteiger partial charge in [-0.15, -0.1) is 0 Å². The first-order valence-electron chi connectivity index (χ1n) is 10.0. The van der Waals surface area contributed by atoms with E-state index in [1.54, 1.807) is 17.2 Å². The molecule has 0 aliphatic carbocycles. The van der Waals surface area contributed by atoms with Crippen LogP contribution in [0.15, 0.2) is 18.3 Å². The first kappa shape index (κ1) is 21.0. The third-order valence-corrected chi connectivity index (χ3v) is 4.65. The van der Waals surface area contributed by atoms with Crippen molar-refractivity contribution in [3.63, 3.8) is 0 Å². The lowest BCUT2D eigenvalue weighted by molar-refractivity contribution is 0.0755. The zero-order valence-electron chi connectivity index (χ0n) is 16.7. The van der Waals surface area contributed by atoms with E-state index < -0.39 is 0 Å². The van der Waals surface area contributed by atoms with Gasteiger partial charge < -0.3 is 19.9 Å². The number of anilines is 1. The van der Waals surface area contributed by atoms with Crippen molar-refractivity contribution in [1.82, 2.24) is 14.8 Å². The van der Waals surface area contributed by atoms with Crippen LogP contribution in [0.1, 0.15) is 56.8 Å². The second kappa shape index (κ2) is 10.7. The van der Waals surface area contributed by atoms with Crippen molar-refractivity contribution in [2.24, 2.45) is 0 Å². The zero-order chi connectivity index (χ0) is 19.6. The van der Waals surface area contributed by atoms with Crippen LogP contribution in [-0.2, 0) is 4.74 Å². The van der Waals surface area contributed by atoms with Crippen molar-refractivity contribution < 1.29 is 14.3 Å². The highest BCUT2D eigenvalue weighted by atomic mass is 16.6. The molecule has 0 saturated carbocycles. The summed E-state index contributed by atoms with van der Waals surface area (Å²) in [4.78, 5) is 32.5. The van der Waals surface area contributed by atoms with Crippen molar-refractivity contribution >= 4 is 17.8 Å². The number of piperidine rings is 1. The monoisotopic (exact) mass is 376 g/mol. The van der Waals surface area contributed by atoms with Crippen molar-refractivity contribution in [2.45, 2.75) is 52.5 Å². The minimum absolute atomic E-state index is 0.0567. The van der Waals surface area contributed by atoms with E-state index in [2.05, 4.69) is 24.1 Å². The topological polar surface area (TPSA) is 74.8 Å². The maximum Gasteiger partial charge on any atom is 0.409 e. The van der Waals surface area contributed by atoms with E-state index in [9.17, 15) is 9.59 Å². The Morgan fingerprint density at radius 1 is 1.22 bits per heavy atom. The average Bonchev–Trinajstić information content (AvgIpc) is 2.68. The van der Waals surface area contributed by atoms with Gasteiger partial charge in [0.15, 0.2) is 0 Å². The summed E-state index contributed by atoms with van der Waals surface area (Å²) in [5.41, 5.74) is 0.665. The maximum absolute atomic E-state index is 12.8. The number of aromatic nitrogens is 1. The number of rotatable bonds is 8. The molecule has 1 saturated heterocycles. The molecular formula is C20H32N4O3. The fourth-order valence-electron chi connectivity index (χ4n) is 3.31. The van der Waals surface area contributed by atoms with Crippen LogP contribution in [0.4, 0.5) is 10.6 Å². The predicted molar refractivity (Wildman–Crippen MR) is 106 cm³/mol. The van der Waals surface area contributed by atoms with Gasteiger partial charge in [0.2, 0.25) is 0 Å². The van der Waals surface area contributed by atoms with Crippen LogP contribution in [0.3, 0.4) is 0 Å². The number of likely N-dealkylation sites (tertiary alicyclic amines) is 1. The van der Waals surface area contributed by atoms with Crippen molar-refractivity contribution in [3.05, 3.63) is 23.9 Å². The second-order valence-electron chi connectivity index (χ2n) is 6.83. The molecule has 2 heterocycles. The number of pyridine rings is 1. The number of amides is 2. The van der Waals surface area contributed by atoms with Gasteiger partial charge in [-0.1, -0.05) is 13.8 Å². The molecule has 2 rings (SSSR count). The summed E-state index contributed by atoms with van der Waals surface area (Å²) in [6, 6.07) is 3.84. The zero-order valence-corrected chi connectivity index (χ0v) is 16.7. The molecule has 2 amide bonds. The van der Waals surface area contributed by atoms with Gasteiger partial charge in [0, 0.05) is 44.0 Å². The lowest BCUT2D eigenvalue weighted by Gasteiger charge is -2.32. The van der Waals surface area contributed by atoms with Crippen LogP contribution >= 0.6 is 0 Å². The van der Waals surface area contributed by atoms with Crippen LogP contribution in [-0.4, -0.2) is 65.6 Å². The van der Waals surface area contributed by atoms with Gasteiger partial charge in [0.1, 0.15) is 5.82 Å². The molecule has 0 bridgehead atoms. The molecule has 0 unspecified atom stereocenters. The molecule has 7 nitrogen and oxygen atoms in total. The van der Waals surface area contributed by atoms with Gasteiger partial charge in [-0.05, 0) is 44.7 Å². The number of ether oxygens (including phenoxy) is 1. The van der Waals surface area contributed by atoms with Crippen LogP contribution in [0.25, 0.3) is 0 Å². The van der Waals surface area contributed by atoms with Gasteiger partial charge in [0.25, 0.3) is 5.91 Å². The molecule has 0 aromatic carbocycles. The van der Waals surface area contributed by atoms with Crippen LogP contribution in [0.5, 0.6) is 0 Å². The van der Waals surface area contributed by atoms with Gasteiger partial charge >= 0.3 is 6.09 Å². The lowest BCUT2D eigenvalue weighted by atomic mass is 10.1. The smallest absolute Gasteiger partial charge is 0.409 e. The second-order valence-corrected chi connectivity index (χ2v) is 6.83. The summed E-state index contributed by atoms with van der Waals surface area (Å²) < 4.78 is 5.05. The Hall–Kier alpha value is -2.31. The summed E-state index contributed by atoms with van der Waals surface area (Å²) in [5, 5.41) is 3.41. The maximum atomic E-state index is 12.8. The van der Waals surface area contributed by atoms with Crippen LogP contribution in [0.2, 0.25) is 0 Å². The van der Waals surface area contributed by atoms with Gasteiger partial charge in [0.05, 0.1) is 6.61 Å². The third-order valence-electron chi connectivity index (χ3n) is 4.65. The van der Waals surface area contributed by atoms with E-state index in [4.69, 9.17) is 4.74 Å². The van der Waals surface area contributed by atoms with Crippen molar-refractivity contribution in [3.8, 4) is 0 Å². The summed E-state index contributed by atoms with van der Waals surface area (Å²) in [7, 11) is 0. The first-order chi connectivity index (χ1) is 13.1. The SMILES string of the molecule is CCCN(CCC)C(=O)c1ccnc(NC2CCN(C(=O)OCC)CC2)c1. The van der Waals surface area contributed by atoms with E-state index >= 15 is 0 Å². The summed E-state index contributed by atoms with van der Waals surface area (Å²) in [5.74, 6) is 0.768. The molecule has 7 heteroatoms. The minimum Gasteiger partial charge on any atom is -0.450 e. The van der Waals surface area contributed by atoms with E-state index in [1.165, 1.54) is 0 Å². The molecule has 1 aliphatic heterocycles. The third kappa shape index (κ3) is 6.12. The summed E-state index contributed by atoms with van der Waals surface area (Å²) >= 11 is 0. The Bertz CT molecular complexity index is 609. The summed E-state index contributed by atoms with van der Waals surface area (Å²) in [6.45, 7) is 9.24. The molecule has 1 aliphatic rings. The standard InChI is InChI=1S/C20H32N4O3/c1-4-11-23(12-5-2)19(25)16-7-10-21-18(15-16)22-17-8-13-24(14-9-17)20(26)27-6-3/h7,10,15,17H,4-6,8-9,11-14H2,1-3H3,(H,21,22). The number of nitrogens with zero attached hydrogens (tertiary/aromatic N) is 3. The molecule has 1 aromatic heterocycles. The molecule has 27 heavy (non-hydrogen) atoms. The van der Waals surface area contributed by atoms with Crippen molar-refractivity contribution in [2.75, 3.05) is 38.1 Å². The van der Waals surface area contributed by atoms with Gasteiger partial charge in [-0.3, -0.25) is 4.79 Å². The lowest BCUT2D eigenvalue weighted by Crippen LogP contribution is -2.42. The summed E-state index contributed by atoms with van der Waals surface area (Å²) in [6.07, 6.45) is 4.99. The van der Waals surface area contributed by atoms with Crippen molar-refractivity contribution in [1.29, 1.82) is 0 Å². The molecule has 1 aromatic rings. The average molecular weight is 377 g/mol. The highest BCUT2D eigenvalue weighted by molar-refractivity contribution is 5.94. The Morgan fingerprint density at radius 3 is 2.48 bits per heavy atom. The molecule has 1 N–H and O–H groups in total. The number of carbonyl (C=O) groups is 2. The van der Waals surface area contributed by atoms with E-state index in [1.807, 2.05) is 17.9 Å². The highest BCUT2D eigenvalue weighted by Crippen LogP contribution is 2.17. The van der Waals surface area contributed by atoms with E-state index in [-0.39, 0.29) is 18.0 Å². The quantitative estimate of drug-likeness (QED) is 0.753. The molecule has 150 valence electrons. The number of hydrogen-bond acceptors (Lipinski definition) is 5. The van der Waals surface area contributed by atoms with E-state index in [0.717, 1.165) is 38.8 Å². The highest BCUT2D eigenvalue weighted by Gasteiger charge is 2.24. The minimum atomic E-state index is -0.242. The predicted octanol–water partition coefficient (Wildman–Crippen LogP) is 3.38. The van der Waals surface area contributed by atoms with E-state index in [0.29, 0.717) is 31.1 Å². The fourth-order valence-corrected chi connectivity index (χ4v) is 3.31.